The molecule has 0 radical (unpaired) electrons. The van der Waals surface area contributed by atoms with Gasteiger partial charge in [-0.2, -0.15) is 0 Å². The summed E-state index contributed by atoms with van der Waals surface area (Å²) in [6.45, 7) is 7.32. The van der Waals surface area contributed by atoms with E-state index in [2.05, 4.69) is 18.7 Å². The first-order chi connectivity index (χ1) is 9.03. The van der Waals surface area contributed by atoms with E-state index >= 15 is 0 Å². The molecular weight excluding hydrogens is 238 g/mol. The van der Waals surface area contributed by atoms with Crippen molar-refractivity contribution in [3.63, 3.8) is 0 Å². The number of aliphatic hydroxyl groups is 2. The minimum absolute atomic E-state index is 0.189. The summed E-state index contributed by atoms with van der Waals surface area (Å²) in [6.07, 6.45) is 0.607. The van der Waals surface area contributed by atoms with E-state index < -0.39 is 6.10 Å². The highest BCUT2D eigenvalue weighted by Gasteiger charge is 2.33. The van der Waals surface area contributed by atoms with Crippen LogP contribution in [0.15, 0.2) is 30.3 Å². The third-order valence-corrected chi connectivity index (χ3v) is 4.11. The topological polar surface area (TPSA) is 43.7 Å². The zero-order valence-electron chi connectivity index (χ0n) is 11.9. The van der Waals surface area contributed by atoms with Crippen molar-refractivity contribution in [2.75, 3.05) is 26.2 Å². The fourth-order valence-corrected chi connectivity index (χ4v) is 2.95. The smallest absolute Gasteiger partial charge is 0.0853 e. The second-order valence-electron chi connectivity index (χ2n) is 6.37. The Kier molecular flexibility index (Phi) is 4.61. The van der Waals surface area contributed by atoms with Crippen LogP contribution in [0.25, 0.3) is 0 Å². The molecule has 1 saturated heterocycles. The zero-order chi connectivity index (χ0) is 13.9. The largest absolute Gasteiger partial charge is 0.396 e. The van der Waals surface area contributed by atoms with E-state index in [0.29, 0.717) is 5.92 Å². The fourth-order valence-electron chi connectivity index (χ4n) is 2.95. The molecule has 3 heteroatoms. The van der Waals surface area contributed by atoms with E-state index in [4.69, 9.17) is 0 Å². The summed E-state index contributed by atoms with van der Waals surface area (Å²) >= 11 is 0. The molecule has 1 aliphatic heterocycles. The molecule has 0 saturated carbocycles. The van der Waals surface area contributed by atoms with Crippen LogP contribution in [0, 0.1) is 11.3 Å². The molecule has 2 atom stereocenters. The summed E-state index contributed by atoms with van der Waals surface area (Å²) < 4.78 is 0. The summed E-state index contributed by atoms with van der Waals surface area (Å²) in [4.78, 5) is 2.35. The van der Waals surface area contributed by atoms with E-state index in [1.165, 1.54) is 0 Å². The number of nitrogens with zero attached hydrogens (tertiary/aromatic N) is 1. The Labute approximate surface area is 115 Å². The monoisotopic (exact) mass is 263 g/mol. The van der Waals surface area contributed by atoms with Crippen molar-refractivity contribution in [1.29, 1.82) is 0 Å². The van der Waals surface area contributed by atoms with Gasteiger partial charge in [-0.3, -0.25) is 0 Å². The van der Waals surface area contributed by atoms with Crippen LogP contribution in [-0.4, -0.2) is 41.4 Å². The Bertz CT molecular complexity index is 391. The molecule has 1 aliphatic rings. The van der Waals surface area contributed by atoms with Gasteiger partial charge in [0.25, 0.3) is 0 Å². The zero-order valence-corrected chi connectivity index (χ0v) is 11.9. The van der Waals surface area contributed by atoms with Crippen LogP contribution in [0.1, 0.15) is 31.9 Å². The lowest BCUT2D eigenvalue weighted by Crippen LogP contribution is -2.37. The van der Waals surface area contributed by atoms with Gasteiger partial charge in [0.1, 0.15) is 0 Å². The van der Waals surface area contributed by atoms with E-state index in [9.17, 15) is 10.2 Å². The summed E-state index contributed by atoms with van der Waals surface area (Å²) in [5.74, 6) is 0.407. The standard InChI is InChI=1S/C16H25NO2/c1-16(2,12-17-9-8-13(10-17)11-18)15(19)14-6-4-3-5-7-14/h3-7,13,15,18-19H,8-12H2,1-2H3. The average molecular weight is 263 g/mol. The van der Waals surface area contributed by atoms with Gasteiger partial charge in [-0.25, -0.2) is 0 Å². The van der Waals surface area contributed by atoms with Crippen molar-refractivity contribution < 1.29 is 10.2 Å². The molecule has 0 spiro atoms. The van der Waals surface area contributed by atoms with Gasteiger partial charge in [-0.15, -0.1) is 0 Å². The van der Waals surface area contributed by atoms with Crippen molar-refractivity contribution in [3.8, 4) is 0 Å². The molecule has 1 fully saturated rings. The first kappa shape index (κ1) is 14.5. The van der Waals surface area contributed by atoms with Gasteiger partial charge in [0.2, 0.25) is 0 Å². The highest BCUT2D eigenvalue weighted by molar-refractivity contribution is 5.19. The van der Waals surface area contributed by atoms with Crippen LogP contribution in [0.3, 0.4) is 0 Å². The van der Waals surface area contributed by atoms with Gasteiger partial charge in [0, 0.05) is 25.1 Å². The third kappa shape index (κ3) is 3.56. The minimum atomic E-state index is -0.457. The van der Waals surface area contributed by atoms with Crippen LogP contribution in [0.2, 0.25) is 0 Å². The van der Waals surface area contributed by atoms with Gasteiger partial charge in [-0.1, -0.05) is 44.2 Å². The lowest BCUT2D eigenvalue weighted by molar-refractivity contribution is 0.0241. The Hall–Kier alpha value is -0.900. The van der Waals surface area contributed by atoms with E-state index in [1.54, 1.807) is 0 Å². The SMILES string of the molecule is CC(C)(CN1CCC(CO)C1)C(O)c1ccccc1. The molecule has 0 amide bonds. The second kappa shape index (κ2) is 6.04. The van der Waals surface area contributed by atoms with Gasteiger partial charge in [-0.05, 0) is 24.4 Å². The number of benzene rings is 1. The minimum Gasteiger partial charge on any atom is -0.396 e. The van der Waals surface area contributed by atoms with Crippen LogP contribution >= 0.6 is 0 Å². The van der Waals surface area contributed by atoms with Crippen LogP contribution in [0.4, 0.5) is 0 Å². The number of hydrogen-bond donors (Lipinski definition) is 2. The second-order valence-corrected chi connectivity index (χ2v) is 6.37. The van der Waals surface area contributed by atoms with Crippen molar-refractivity contribution >= 4 is 0 Å². The van der Waals surface area contributed by atoms with Crippen LogP contribution < -0.4 is 0 Å². The van der Waals surface area contributed by atoms with Gasteiger partial charge >= 0.3 is 0 Å². The Morgan fingerprint density at radius 3 is 2.58 bits per heavy atom. The number of hydrogen-bond acceptors (Lipinski definition) is 3. The molecule has 1 aromatic rings. The van der Waals surface area contributed by atoms with Crippen LogP contribution in [0.5, 0.6) is 0 Å². The van der Waals surface area contributed by atoms with E-state index in [1.807, 2.05) is 30.3 Å². The number of likely N-dealkylation sites (tertiary alicyclic amines) is 1. The van der Waals surface area contributed by atoms with Gasteiger partial charge < -0.3 is 15.1 Å². The van der Waals surface area contributed by atoms with E-state index in [-0.39, 0.29) is 12.0 Å². The number of rotatable bonds is 5. The number of aliphatic hydroxyl groups excluding tert-OH is 2. The van der Waals surface area contributed by atoms with Crippen molar-refractivity contribution in [2.24, 2.45) is 11.3 Å². The summed E-state index contributed by atoms with van der Waals surface area (Å²) in [6, 6.07) is 9.86. The summed E-state index contributed by atoms with van der Waals surface area (Å²) in [7, 11) is 0. The molecule has 0 aliphatic carbocycles. The fraction of sp³-hybridized carbons (Fsp3) is 0.625. The molecular formula is C16H25NO2. The molecule has 0 aromatic heterocycles. The average Bonchev–Trinajstić information content (AvgIpc) is 2.85. The molecule has 3 nitrogen and oxygen atoms in total. The third-order valence-electron chi connectivity index (χ3n) is 4.11. The molecule has 0 bridgehead atoms. The molecule has 1 aromatic carbocycles. The van der Waals surface area contributed by atoms with E-state index in [0.717, 1.165) is 31.6 Å². The predicted octanol–water partition coefficient (Wildman–Crippen LogP) is 2.06. The molecule has 1 heterocycles. The van der Waals surface area contributed by atoms with Crippen LogP contribution in [-0.2, 0) is 0 Å². The lowest BCUT2D eigenvalue weighted by atomic mass is 9.82. The maximum Gasteiger partial charge on any atom is 0.0853 e. The summed E-state index contributed by atoms with van der Waals surface area (Å²) in [5, 5.41) is 19.7. The lowest BCUT2D eigenvalue weighted by Gasteiger charge is -2.34. The summed E-state index contributed by atoms with van der Waals surface area (Å²) in [5.41, 5.74) is 0.788. The first-order valence-electron chi connectivity index (χ1n) is 7.09. The van der Waals surface area contributed by atoms with Gasteiger partial charge in [0.15, 0.2) is 0 Å². The molecule has 2 N–H and O–H groups in total. The highest BCUT2D eigenvalue weighted by Crippen LogP contribution is 2.35. The molecule has 19 heavy (non-hydrogen) atoms. The molecule has 2 unspecified atom stereocenters. The van der Waals surface area contributed by atoms with Crippen molar-refractivity contribution in [2.45, 2.75) is 26.4 Å². The van der Waals surface area contributed by atoms with Gasteiger partial charge in [0.05, 0.1) is 6.10 Å². The van der Waals surface area contributed by atoms with Crippen molar-refractivity contribution in [3.05, 3.63) is 35.9 Å². The normalized spacial score (nSPS) is 22.6. The van der Waals surface area contributed by atoms with Crippen molar-refractivity contribution in [1.82, 2.24) is 4.90 Å². The Morgan fingerprint density at radius 2 is 2.00 bits per heavy atom. The Balaban J connectivity index is 1.98. The molecule has 106 valence electrons. The Morgan fingerprint density at radius 1 is 1.32 bits per heavy atom. The maximum absolute atomic E-state index is 10.6. The predicted molar refractivity (Wildman–Crippen MR) is 76.8 cm³/mol. The first-order valence-corrected chi connectivity index (χ1v) is 7.09. The maximum atomic E-state index is 10.6. The highest BCUT2D eigenvalue weighted by atomic mass is 16.3. The quantitative estimate of drug-likeness (QED) is 0.854. The molecule has 2 rings (SSSR count).